The van der Waals surface area contributed by atoms with E-state index in [4.69, 9.17) is 4.42 Å². The SMILES string of the molecule is Cc1sc2nc(CN3CCN(C(=O)CCn4c(=O)oc5ccccc54)CC3)[nH]c(=O)c2c1C. The molecule has 0 radical (unpaired) electrons. The van der Waals surface area contributed by atoms with Gasteiger partial charge in [0.1, 0.15) is 10.7 Å². The molecule has 4 aromatic rings. The van der Waals surface area contributed by atoms with E-state index < -0.39 is 5.76 Å². The predicted molar refractivity (Wildman–Crippen MR) is 127 cm³/mol. The third-order valence-electron chi connectivity index (χ3n) is 6.31. The number of carbonyl (C=O) groups is 1. The van der Waals surface area contributed by atoms with Crippen LogP contribution in [0.2, 0.25) is 0 Å². The topological polar surface area (TPSA) is 104 Å². The van der Waals surface area contributed by atoms with E-state index in [0.29, 0.717) is 61.6 Å². The monoisotopic (exact) mass is 467 g/mol. The summed E-state index contributed by atoms with van der Waals surface area (Å²) in [7, 11) is 0. The molecule has 0 unspecified atom stereocenters. The molecule has 172 valence electrons. The summed E-state index contributed by atoms with van der Waals surface area (Å²) in [4.78, 5) is 50.8. The van der Waals surface area contributed by atoms with Crippen molar-refractivity contribution < 1.29 is 9.21 Å². The Balaban J connectivity index is 1.18. The van der Waals surface area contributed by atoms with Gasteiger partial charge in [-0.3, -0.25) is 19.1 Å². The van der Waals surface area contributed by atoms with Crippen LogP contribution in [0.1, 0.15) is 22.7 Å². The minimum atomic E-state index is -0.441. The average Bonchev–Trinajstić information content (AvgIpc) is 3.27. The Kier molecular flexibility index (Phi) is 5.63. The van der Waals surface area contributed by atoms with E-state index in [9.17, 15) is 14.4 Å². The van der Waals surface area contributed by atoms with E-state index >= 15 is 0 Å². The standard InChI is InChI=1S/C23H25N5O4S/c1-14-15(2)33-22-20(14)21(30)24-18(25-22)13-26-9-11-27(12-10-26)19(29)7-8-28-16-5-3-4-6-17(16)32-23(28)31/h3-6H,7-13H2,1-2H3,(H,24,25,30). The number of para-hydroxylation sites is 2. The van der Waals surface area contributed by atoms with Gasteiger partial charge in [-0.2, -0.15) is 0 Å². The number of carbonyl (C=O) groups excluding carboxylic acids is 1. The zero-order valence-corrected chi connectivity index (χ0v) is 19.4. The number of amides is 1. The van der Waals surface area contributed by atoms with Gasteiger partial charge in [0.15, 0.2) is 5.58 Å². The van der Waals surface area contributed by atoms with Gasteiger partial charge in [0.25, 0.3) is 5.56 Å². The van der Waals surface area contributed by atoms with Crippen LogP contribution < -0.4 is 11.3 Å². The third-order valence-corrected chi connectivity index (χ3v) is 7.41. The van der Waals surface area contributed by atoms with Gasteiger partial charge in [0.05, 0.1) is 17.4 Å². The van der Waals surface area contributed by atoms with Gasteiger partial charge in [-0.05, 0) is 31.5 Å². The normalized spacial score (nSPS) is 15.0. The average molecular weight is 468 g/mol. The van der Waals surface area contributed by atoms with Crippen molar-refractivity contribution in [2.45, 2.75) is 33.4 Å². The van der Waals surface area contributed by atoms with Crippen LogP contribution in [-0.4, -0.2) is 56.4 Å². The Morgan fingerprint density at radius 3 is 2.70 bits per heavy atom. The van der Waals surface area contributed by atoms with Crippen molar-refractivity contribution in [3.05, 3.63) is 61.4 Å². The molecule has 1 N–H and O–H groups in total. The fraction of sp³-hybridized carbons (Fsp3) is 0.391. The zero-order chi connectivity index (χ0) is 23.1. The molecule has 1 aromatic carbocycles. The number of benzene rings is 1. The molecule has 1 aliphatic rings. The number of aromatic amines is 1. The molecule has 0 bridgehead atoms. The number of nitrogens with zero attached hydrogens (tertiary/aromatic N) is 4. The first-order valence-corrected chi connectivity index (χ1v) is 11.8. The fourth-order valence-corrected chi connectivity index (χ4v) is 5.38. The molecule has 10 heteroatoms. The highest BCUT2D eigenvalue weighted by Crippen LogP contribution is 2.25. The predicted octanol–water partition coefficient (Wildman–Crippen LogP) is 2.24. The Morgan fingerprint density at radius 2 is 1.91 bits per heavy atom. The molecular formula is C23H25N5O4S. The summed E-state index contributed by atoms with van der Waals surface area (Å²) in [6.45, 7) is 7.39. The van der Waals surface area contributed by atoms with Crippen molar-refractivity contribution in [1.82, 2.24) is 24.3 Å². The highest BCUT2D eigenvalue weighted by atomic mass is 32.1. The largest absolute Gasteiger partial charge is 0.419 e. The lowest BCUT2D eigenvalue weighted by molar-refractivity contribution is -0.133. The number of aromatic nitrogens is 3. The summed E-state index contributed by atoms with van der Waals surface area (Å²) in [6.07, 6.45) is 0.242. The van der Waals surface area contributed by atoms with Crippen LogP contribution in [0, 0.1) is 13.8 Å². The molecule has 0 spiro atoms. The highest BCUT2D eigenvalue weighted by molar-refractivity contribution is 7.18. The van der Waals surface area contributed by atoms with Gasteiger partial charge in [-0.1, -0.05) is 12.1 Å². The number of fused-ring (bicyclic) bond motifs is 2. The van der Waals surface area contributed by atoms with Crippen molar-refractivity contribution in [3.63, 3.8) is 0 Å². The molecule has 1 amide bonds. The highest BCUT2D eigenvalue weighted by Gasteiger charge is 2.22. The van der Waals surface area contributed by atoms with E-state index in [0.717, 1.165) is 15.3 Å². The van der Waals surface area contributed by atoms with Gasteiger partial charge >= 0.3 is 5.76 Å². The van der Waals surface area contributed by atoms with Gasteiger partial charge < -0.3 is 14.3 Å². The van der Waals surface area contributed by atoms with Crippen LogP contribution in [0.25, 0.3) is 21.3 Å². The number of thiophene rings is 1. The molecule has 0 aliphatic carbocycles. The summed E-state index contributed by atoms with van der Waals surface area (Å²) < 4.78 is 6.75. The Hall–Kier alpha value is -3.24. The molecule has 3 aromatic heterocycles. The van der Waals surface area contributed by atoms with Crippen molar-refractivity contribution in [2.24, 2.45) is 0 Å². The second-order valence-electron chi connectivity index (χ2n) is 8.37. The number of piperazine rings is 1. The second-order valence-corrected chi connectivity index (χ2v) is 9.57. The van der Waals surface area contributed by atoms with Gasteiger partial charge in [-0.25, -0.2) is 9.78 Å². The van der Waals surface area contributed by atoms with Gasteiger partial charge in [0.2, 0.25) is 5.91 Å². The maximum Gasteiger partial charge on any atom is 0.419 e. The van der Waals surface area contributed by atoms with E-state index in [-0.39, 0.29) is 17.9 Å². The number of hydrogen-bond donors (Lipinski definition) is 1. The van der Waals surface area contributed by atoms with Crippen LogP contribution in [-0.2, 0) is 17.9 Å². The smallest absolute Gasteiger partial charge is 0.408 e. The molecule has 33 heavy (non-hydrogen) atoms. The fourth-order valence-electron chi connectivity index (χ4n) is 4.33. The first-order valence-electron chi connectivity index (χ1n) is 11.0. The lowest BCUT2D eigenvalue weighted by atomic mass is 10.2. The Bertz CT molecular complexity index is 1460. The van der Waals surface area contributed by atoms with Gasteiger partial charge in [0, 0.05) is 44.0 Å². The summed E-state index contributed by atoms with van der Waals surface area (Å²) in [5.41, 5.74) is 2.14. The maximum atomic E-state index is 12.7. The number of nitrogens with one attached hydrogen (secondary N) is 1. The number of oxazole rings is 1. The lowest BCUT2D eigenvalue weighted by Crippen LogP contribution is -2.48. The zero-order valence-electron chi connectivity index (χ0n) is 18.6. The molecular weight excluding hydrogens is 442 g/mol. The minimum absolute atomic E-state index is 0.0179. The van der Waals surface area contributed by atoms with Crippen LogP contribution in [0.4, 0.5) is 0 Å². The van der Waals surface area contributed by atoms with Crippen LogP contribution in [0.5, 0.6) is 0 Å². The van der Waals surface area contributed by atoms with E-state index in [1.54, 1.807) is 17.4 Å². The summed E-state index contributed by atoms with van der Waals surface area (Å²) >= 11 is 1.55. The van der Waals surface area contributed by atoms with Crippen LogP contribution in [0.15, 0.2) is 38.3 Å². The summed E-state index contributed by atoms with van der Waals surface area (Å²) in [5.74, 6) is 0.229. The molecule has 1 fully saturated rings. The van der Waals surface area contributed by atoms with Crippen molar-refractivity contribution in [2.75, 3.05) is 26.2 Å². The Morgan fingerprint density at radius 1 is 1.15 bits per heavy atom. The third kappa shape index (κ3) is 4.11. The van der Waals surface area contributed by atoms with E-state index in [2.05, 4.69) is 14.9 Å². The number of hydrogen-bond acceptors (Lipinski definition) is 7. The number of H-pyrrole nitrogens is 1. The van der Waals surface area contributed by atoms with Crippen molar-refractivity contribution >= 4 is 38.6 Å². The van der Waals surface area contributed by atoms with E-state index in [1.165, 1.54) is 4.57 Å². The minimum Gasteiger partial charge on any atom is -0.408 e. The molecule has 4 heterocycles. The summed E-state index contributed by atoms with van der Waals surface area (Å²) in [6, 6.07) is 7.22. The van der Waals surface area contributed by atoms with Gasteiger partial charge in [-0.15, -0.1) is 11.3 Å². The lowest BCUT2D eigenvalue weighted by Gasteiger charge is -2.34. The van der Waals surface area contributed by atoms with E-state index in [1.807, 2.05) is 36.9 Å². The first-order chi connectivity index (χ1) is 15.9. The quantitative estimate of drug-likeness (QED) is 0.483. The van der Waals surface area contributed by atoms with Crippen molar-refractivity contribution in [1.29, 1.82) is 0 Å². The van der Waals surface area contributed by atoms with Crippen LogP contribution >= 0.6 is 11.3 Å². The molecule has 9 nitrogen and oxygen atoms in total. The van der Waals surface area contributed by atoms with Crippen molar-refractivity contribution in [3.8, 4) is 0 Å². The maximum absolute atomic E-state index is 12.7. The molecule has 5 rings (SSSR count). The molecule has 1 saturated heterocycles. The summed E-state index contributed by atoms with van der Waals surface area (Å²) in [5, 5.41) is 0.682. The number of rotatable bonds is 5. The second kappa shape index (κ2) is 8.60. The van der Waals surface area contributed by atoms with Crippen LogP contribution in [0.3, 0.4) is 0 Å². The number of aryl methyl sites for hydroxylation is 3. The molecule has 1 aliphatic heterocycles. The molecule has 0 saturated carbocycles. The molecule has 0 atom stereocenters. The Labute approximate surface area is 193 Å². The first kappa shape index (κ1) is 21.6.